The van der Waals surface area contributed by atoms with Gasteiger partial charge in [-0.2, -0.15) is 0 Å². The van der Waals surface area contributed by atoms with Crippen LogP contribution in [0.4, 0.5) is 0 Å². The first-order valence-electron chi connectivity index (χ1n) is 7.61. The van der Waals surface area contributed by atoms with Crippen LogP contribution in [0.2, 0.25) is 0 Å². The Balaban J connectivity index is 2.42. The quantitative estimate of drug-likeness (QED) is 0.321. The molecule has 26 heavy (non-hydrogen) atoms. The first-order chi connectivity index (χ1) is 12.1. The van der Waals surface area contributed by atoms with E-state index in [2.05, 4.69) is 0 Å². The van der Waals surface area contributed by atoms with Crippen molar-refractivity contribution >= 4 is 69.6 Å². The van der Waals surface area contributed by atoms with Crippen LogP contribution in [0.25, 0.3) is 0 Å². The summed E-state index contributed by atoms with van der Waals surface area (Å²) in [7, 11) is 0. The first-order valence-corrected chi connectivity index (χ1v) is 9.87. The van der Waals surface area contributed by atoms with Crippen LogP contribution < -0.4 is 0 Å². The van der Waals surface area contributed by atoms with Crippen LogP contribution in [-0.4, -0.2) is 20.8 Å². The Morgan fingerprint density at radius 2 is 1.04 bits per heavy atom. The average Bonchev–Trinajstić information content (AvgIpc) is 2.58. The highest BCUT2D eigenvalue weighted by molar-refractivity contribution is 6.68. The Morgan fingerprint density at radius 1 is 0.615 bits per heavy atom. The van der Waals surface area contributed by atoms with Gasteiger partial charge in [0, 0.05) is 12.0 Å². The van der Waals surface area contributed by atoms with E-state index in [0.29, 0.717) is 12.0 Å². The SMILES string of the molecule is ClC(Cl)(Cl)COC(Cc1ccccc1)(OCC(Cl)(Cl)Cl)c1ccccc1. The third kappa shape index (κ3) is 7.61. The third-order valence-electron chi connectivity index (χ3n) is 3.43. The van der Waals surface area contributed by atoms with Gasteiger partial charge >= 0.3 is 0 Å². The highest BCUT2D eigenvalue weighted by atomic mass is 35.6. The van der Waals surface area contributed by atoms with E-state index in [1.165, 1.54) is 0 Å². The Hall–Kier alpha value is 0.1000. The summed E-state index contributed by atoms with van der Waals surface area (Å²) in [6.07, 6.45) is 0.333. The van der Waals surface area contributed by atoms with Gasteiger partial charge in [-0.05, 0) is 5.56 Å². The predicted octanol–water partition coefficient (Wildman–Crippen LogP) is 6.86. The van der Waals surface area contributed by atoms with E-state index in [-0.39, 0.29) is 13.2 Å². The number of hydrogen-bond donors (Lipinski definition) is 0. The zero-order valence-electron chi connectivity index (χ0n) is 13.5. The van der Waals surface area contributed by atoms with Gasteiger partial charge in [-0.25, -0.2) is 0 Å². The second-order valence-corrected chi connectivity index (χ2v) is 10.6. The fraction of sp³-hybridized carbons (Fsp3) is 0.333. The summed E-state index contributed by atoms with van der Waals surface area (Å²) < 4.78 is 8.72. The van der Waals surface area contributed by atoms with Crippen LogP contribution in [0.15, 0.2) is 60.7 Å². The minimum Gasteiger partial charge on any atom is -0.341 e. The summed E-state index contributed by atoms with van der Waals surface area (Å²) >= 11 is 35.4. The predicted molar refractivity (Wildman–Crippen MR) is 111 cm³/mol. The monoisotopic (exact) mass is 474 g/mol. The van der Waals surface area contributed by atoms with Gasteiger partial charge < -0.3 is 9.47 Å². The summed E-state index contributed by atoms with van der Waals surface area (Å²) in [4.78, 5) is 0. The molecule has 2 rings (SSSR count). The van der Waals surface area contributed by atoms with Gasteiger partial charge in [0.1, 0.15) is 0 Å². The minimum absolute atomic E-state index is 0.209. The molecule has 2 nitrogen and oxygen atoms in total. The molecule has 0 aliphatic heterocycles. The zero-order chi connectivity index (χ0) is 19.3. The summed E-state index contributed by atoms with van der Waals surface area (Å²) in [5.41, 5.74) is 1.66. The van der Waals surface area contributed by atoms with Crippen LogP contribution in [0.3, 0.4) is 0 Å². The van der Waals surface area contributed by atoms with Gasteiger partial charge in [-0.15, -0.1) is 0 Å². The summed E-state index contributed by atoms with van der Waals surface area (Å²) in [6.45, 7) is -0.418. The molecule has 2 aromatic rings. The van der Waals surface area contributed by atoms with Crippen molar-refractivity contribution in [3.63, 3.8) is 0 Å². The molecule has 142 valence electrons. The summed E-state index contributed by atoms with van der Waals surface area (Å²) in [5.74, 6) is -1.30. The smallest absolute Gasteiger partial charge is 0.213 e. The maximum Gasteiger partial charge on any atom is 0.213 e. The topological polar surface area (TPSA) is 18.5 Å². The van der Waals surface area contributed by atoms with Crippen LogP contribution in [0.5, 0.6) is 0 Å². The summed E-state index contributed by atoms with van der Waals surface area (Å²) in [5, 5.41) is 0. The van der Waals surface area contributed by atoms with Crippen molar-refractivity contribution in [2.75, 3.05) is 13.2 Å². The molecule has 0 saturated carbocycles. The molecule has 0 bridgehead atoms. The van der Waals surface area contributed by atoms with Gasteiger partial charge in [-0.3, -0.25) is 0 Å². The molecular weight excluding hydrogens is 461 g/mol. The van der Waals surface area contributed by atoms with E-state index in [0.717, 1.165) is 5.56 Å². The second-order valence-electron chi connectivity index (χ2n) is 5.59. The Kier molecular flexibility index (Phi) is 8.21. The van der Waals surface area contributed by atoms with Crippen molar-refractivity contribution in [2.45, 2.75) is 19.8 Å². The molecule has 0 heterocycles. The van der Waals surface area contributed by atoms with E-state index in [4.69, 9.17) is 79.1 Å². The fourth-order valence-corrected chi connectivity index (χ4v) is 2.69. The Bertz CT molecular complexity index is 650. The standard InChI is InChI=1S/C18H16Cl6O2/c19-17(20,21)12-25-16(26-13-18(22,23)24,15-9-5-2-6-10-15)11-14-7-3-1-4-8-14/h1-10H,11-13H2. The highest BCUT2D eigenvalue weighted by Crippen LogP contribution is 2.38. The molecule has 0 atom stereocenters. The van der Waals surface area contributed by atoms with Gasteiger partial charge in [0.2, 0.25) is 7.59 Å². The lowest BCUT2D eigenvalue weighted by atomic mass is 9.97. The van der Waals surface area contributed by atoms with Crippen molar-refractivity contribution in [1.29, 1.82) is 0 Å². The molecule has 0 saturated heterocycles. The molecule has 0 aliphatic carbocycles. The largest absolute Gasteiger partial charge is 0.341 e. The van der Waals surface area contributed by atoms with E-state index < -0.39 is 13.4 Å². The van der Waals surface area contributed by atoms with E-state index >= 15 is 0 Å². The molecule has 0 fully saturated rings. The van der Waals surface area contributed by atoms with Crippen molar-refractivity contribution in [1.82, 2.24) is 0 Å². The maximum atomic E-state index is 5.99. The molecule has 0 spiro atoms. The highest BCUT2D eigenvalue weighted by Gasteiger charge is 2.39. The maximum absolute atomic E-state index is 5.99. The fourth-order valence-electron chi connectivity index (χ4n) is 2.37. The van der Waals surface area contributed by atoms with Gasteiger partial charge in [0.25, 0.3) is 0 Å². The molecule has 2 aromatic carbocycles. The molecule has 0 aromatic heterocycles. The molecule has 0 radical (unpaired) electrons. The number of rotatable bonds is 7. The number of hydrogen-bond acceptors (Lipinski definition) is 2. The molecule has 0 N–H and O–H groups in total. The lowest BCUT2D eigenvalue weighted by Crippen LogP contribution is -2.40. The molecule has 0 unspecified atom stereocenters. The lowest BCUT2D eigenvalue weighted by molar-refractivity contribution is -0.245. The lowest BCUT2D eigenvalue weighted by Gasteiger charge is -2.36. The number of benzene rings is 2. The normalized spacial score (nSPS) is 13.0. The van der Waals surface area contributed by atoms with Crippen molar-refractivity contribution < 1.29 is 9.47 Å². The van der Waals surface area contributed by atoms with Gasteiger partial charge in [-0.1, -0.05) is 130 Å². The minimum atomic E-state index is -1.62. The molecular formula is C18H16Cl6O2. The molecule has 8 heteroatoms. The van der Waals surface area contributed by atoms with Crippen molar-refractivity contribution in [2.24, 2.45) is 0 Å². The Morgan fingerprint density at radius 3 is 1.46 bits per heavy atom. The van der Waals surface area contributed by atoms with E-state index in [1.54, 1.807) is 0 Å². The number of ether oxygens (including phenoxy) is 2. The summed E-state index contributed by atoms with van der Waals surface area (Å²) in [6, 6.07) is 18.9. The average molecular weight is 477 g/mol. The number of alkyl halides is 6. The first kappa shape index (κ1) is 22.4. The molecule has 0 aliphatic rings. The van der Waals surface area contributed by atoms with Gasteiger partial charge in [0.15, 0.2) is 5.79 Å². The molecule has 0 amide bonds. The van der Waals surface area contributed by atoms with E-state index in [9.17, 15) is 0 Å². The van der Waals surface area contributed by atoms with Gasteiger partial charge in [0.05, 0.1) is 13.2 Å². The van der Waals surface area contributed by atoms with Crippen LogP contribution in [0, 0.1) is 0 Å². The van der Waals surface area contributed by atoms with Crippen molar-refractivity contribution in [3.8, 4) is 0 Å². The zero-order valence-corrected chi connectivity index (χ0v) is 18.0. The van der Waals surface area contributed by atoms with Crippen LogP contribution >= 0.6 is 69.6 Å². The van der Waals surface area contributed by atoms with Crippen LogP contribution in [-0.2, 0) is 21.7 Å². The second kappa shape index (κ2) is 9.54. The van der Waals surface area contributed by atoms with E-state index in [1.807, 2.05) is 60.7 Å². The third-order valence-corrected chi connectivity index (χ3v) is 4.09. The number of halogens is 6. The Labute approximate surface area is 183 Å². The van der Waals surface area contributed by atoms with Crippen LogP contribution in [0.1, 0.15) is 11.1 Å². The van der Waals surface area contributed by atoms with Crippen molar-refractivity contribution in [3.05, 3.63) is 71.8 Å².